The van der Waals surface area contributed by atoms with Crippen molar-refractivity contribution in [3.63, 3.8) is 0 Å². The summed E-state index contributed by atoms with van der Waals surface area (Å²) >= 11 is 0. The third-order valence-corrected chi connectivity index (χ3v) is 3.17. The molecule has 0 aliphatic rings. The van der Waals surface area contributed by atoms with Gasteiger partial charge in [0.1, 0.15) is 17.9 Å². The first-order valence-corrected chi connectivity index (χ1v) is 6.91. The van der Waals surface area contributed by atoms with E-state index in [0.29, 0.717) is 24.4 Å². The fraction of sp³-hybridized carbons (Fsp3) is 0.600. The summed E-state index contributed by atoms with van der Waals surface area (Å²) in [6.45, 7) is 11.6. The maximum Gasteiger partial charge on any atom is 0.341 e. The molecule has 0 bridgehead atoms. The van der Waals surface area contributed by atoms with Crippen LogP contribution in [0.4, 0.5) is 0 Å². The van der Waals surface area contributed by atoms with Crippen LogP contribution in [0, 0.1) is 6.92 Å². The predicted molar refractivity (Wildman–Crippen MR) is 78.4 cm³/mol. The lowest BCUT2D eigenvalue weighted by Crippen LogP contribution is -2.39. The molecule has 1 heterocycles. The highest BCUT2D eigenvalue weighted by Crippen LogP contribution is 2.18. The number of pyridine rings is 1. The number of hydrogen-bond donors (Lipinski definition) is 1. The van der Waals surface area contributed by atoms with E-state index in [9.17, 15) is 4.79 Å². The zero-order valence-corrected chi connectivity index (χ0v) is 12.9. The van der Waals surface area contributed by atoms with Crippen LogP contribution in [0.25, 0.3) is 0 Å². The molecule has 0 saturated carbocycles. The second-order valence-electron chi connectivity index (χ2n) is 5.40. The monoisotopic (exact) mass is 280 g/mol. The van der Waals surface area contributed by atoms with Crippen LogP contribution in [0.1, 0.15) is 43.7 Å². The maximum absolute atomic E-state index is 11.1. The third kappa shape index (κ3) is 4.49. The second-order valence-corrected chi connectivity index (χ2v) is 5.40. The highest BCUT2D eigenvalue weighted by molar-refractivity contribution is 5.90. The molecule has 0 radical (unpaired) electrons. The highest BCUT2D eigenvalue weighted by Gasteiger charge is 2.15. The van der Waals surface area contributed by atoms with Crippen LogP contribution in [-0.2, 0) is 0 Å². The van der Waals surface area contributed by atoms with Crippen LogP contribution in [0.2, 0.25) is 0 Å². The summed E-state index contributed by atoms with van der Waals surface area (Å²) in [6.07, 6.45) is 1.34. The van der Waals surface area contributed by atoms with Crippen molar-refractivity contribution in [2.24, 2.45) is 0 Å². The van der Waals surface area contributed by atoms with Crippen molar-refractivity contribution < 1.29 is 14.6 Å². The Morgan fingerprint density at radius 2 is 1.95 bits per heavy atom. The normalized spacial score (nSPS) is 11.4. The van der Waals surface area contributed by atoms with Crippen molar-refractivity contribution in [1.82, 2.24) is 9.88 Å². The van der Waals surface area contributed by atoms with Gasteiger partial charge in [-0.05, 0) is 34.6 Å². The molecule has 1 aromatic heterocycles. The minimum absolute atomic E-state index is 0.108. The van der Waals surface area contributed by atoms with Gasteiger partial charge in [0.2, 0.25) is 0 Å². The van der Waals surface area contributed by atoms with Gasteiger partial charge in [-0.3, -0.25) is 9.88 Å². The number of ether oxygens (including phenoxy) is 1. The zero-order chi connectivity index (χ0) is 15.3. The Labute approximate surface area is 120 Å². The molecule has 0 unspecified atom stereocenters. The van der Waals surface area contributed by atoms with Crippen molar-refractivity contribution >= 4 is 5.97 Å². The van der Waals surface area contributed by atoms with Crippen LogP contribution in [-0.4, -0.2) is 46.2 Å². The SMILES string of the molecule is Cc1cc(OCCN(C(C)C)C(C)C)c(C(=O)O)cn1. The topological polar surface area (TPSA) is 62.7 Å². The molecule has 20 heavy (non-hydrogen) atoms. The summed E-state index contributed by atoms with van der Waals surface area (Å²) in [5.41, 5.74) is 0.853. The largest absolute Gasteiger partial charge is 0.491 e. The molecule has 1 rings (SSSR count). The Morgan fingerprint density at radius 3 is 2.45 bits per heavy atom. The first-order chi connectivity index (χ1) is 9.32. The molecule has 0 spiro atoms. The van der Waals surface area contributed by atoms with E-state index >= 15 is 0 Å². The average Bonchev–Trinajstić information content (AvgIpc) is 2.33. The molecule has 5 heteroatoms. The van der Waals surface area contributed by atoms with Gasteiger partial charge in [-0.25, -0.2) is 4.79 Å². The van der Waals surface area contributed by atoms with E-state index in [1.807, 2.05) is 6.92 Å². The minimum Gasteiger partial charge on any atom is -0.491 e. The van der Waals surface area contributed by atoms with Crippen LogP contribution in [0.3, 0.4) is 0 Å². The number of rotatable bonds is 7. The molecular weight excluding hydrogens is 256 g/mol. The molecule has 1 aromatic rings. The molecule has 0 saturated heterocycles. The molecule has 0 amide bonds. The Hall–Kier alpha value is -1.62. The van der Waals surface area contributed by atoms with E-state index in [1.165, 1.54) is 6.20 Å². The van der Waals surface area contributed by atoms with E-state index in [4.69, 9.17) is 9.84 Å². The number of hydrogen-bond acceptors (Lipinski definition) is 4. The number of carbonyl (C=O) groups is 1. The maximum atomic E-state index is 11.1. The van der Waals surface area contributed by atoms with Crippen molar-refractivity contribution in [2.75, 3.05) is 13.2 Å². The molecule has 0 aliphatic carbocycles. The van der Waals surface area contributed by atoms with Gasteiger partial charge < -0.3 is 9.84 Å². The minimum atomic E-state index is -1.02. The number of nitrogens with zero attached hydrogens (tertiary/aromatic N) is 2. The lowest BCUT2D eigenvalue weighted by atomic mass is 10.2. The Morgan fingerprint density at radius 1 is 1.35 bits per heavy atom. The summed E-state index contributed by atoms with van der Waals surface area (Å²) in [4.78, 5) is 17.4. The predicted octanol–water partition coefficient (Wildman–Crippen LogP) is 2.59. The highest BCUT2D eigenvalue weighted by atomic mass is 16.5. The van der Waals surface area contributed by atoms with E-state index in [2.05, 4.69) is 37.6 Å². The van der Waals surface area contributed by atoms with Gasteiger partial charge in [-0.1, -0.05) is 0 Å². The first kappa shape index (κ1) is 16.4. The van der Waals surface area contributed by atoms with Crippen molar-refractivity contribution in [1.29, 1.82) is 0 Å². The van der Waals surface area contributed by atoms with Crippen LogP contribution in [0.5, 0.6) is 5.75 Å². The Kier molecular flexibility index (Phi) is 5.95. The number of aryl methyl sites for hydroxylation is 1. The number of aromatic nitrogens is 1. The quantitative estimate of drug-likeness (QED) is 0.831. The first-order valence-electron chi connectivity index (χ1n) is 6.91. The van der Waals surface area contributed by atoms with E-state index in [0.717, 1.165) is 12.2 Å². The van der Waals surface area contributed by atoms with E-state index in [-0.39, 0.29) is 5.56 Å². The molecular formula is C15H24N2O3. The average molecular weight is 280 g/mol. The molecule has 0 atom stereocenters. The summed E-state index contributed by atoms with van der Waals surface area (Å²) in [5.74, 6) is -0.630. The van der Waals surface area contributed by atoms with Crippen LogP contribution >= 0.6 is 0 Å². The van der Waals surface area contributed by atoms with Gasteiger partial charge in [0.15, 0.2) is 0 Å². The standard InChI is InChI=1S/C15H24N2O3/c1-10(2)17(11(3)4)6-7-20-14-8-12(5)16-9-13(14)15(18)19/h8-11H,6-7H2,1-5H3,(H,18,19). The van der Waals surface area contributed by atoms with Crippen molar-refractivity contribution in [3.8, 4) is 5.75 Å². The summed E-state index contributed by atoms with van der Waals surface area (Å²) < 4.78 is 5.65. The van der Waals surface area contributed by atoms with Gasteiger partial charge in [-0.15, -0.1) is 0 Å². The van der Waals surface area contributed by atoms with Gasteiger partial charge >= 0.3 is 5.97 Å². The van der Waals surface area contributed by atoms with Crippen LogP contribution in [0.15, 0.2) is 12.3 Å². The summed E-state index contributed by atoms with van der Waals surface area (Å²) in [6, 6.07) is 2.52. The molecule has 0 aliphatic heterocycles. The van der Waals surface area contributed by atoms with Crippen molar-refractivity contribution in [3.05, 3.63) is 23.5 Å². The Bertz CT molecular complexity index is 450. The van der Waals surface area contributed by atoms with Gasteiger partial charge in [-0.2, -0.15) is 0 Å². The van der Waals surface area contributed by atoms with Crippen LogP contribution < -0.4 is 4.74 Å². The number of carboxylic acid groups (broad SMARTS) is 1. The molecule has 0 aromatic carbocycles. The second kappa shape index (κ2) is 7.24. The molecule has 1 N–H and O–H groups in total. The molecule has 0 fully saturated rings. The Balaban J connectivity index is 2.70. The lowest BCUT2D eigenvalue weighted by molar-refractivity contribution is 0.0689. The smallest absolute Gasteiger partial charge is 0.341 e. The van der Waals surface area contributed by atoms with Gasteiger partial charge in [0.25, 0.3) is 0 Å². The fourth-order valence-corrected chi connectivity index (χ4v) is 2.19. The zero-order valence-electron chi connectivity index (χ0n) is 12.9. The van der Waals surface area contributed by atoms with Crippen molar-refractivity contribution in [2.45, 2.75) is 46.7 Å². The third-order valence-electron chi connectivity index (χ3n) is 3.17. The molecule has 5 nitrogen and oxygen atoms in total. The fourth-order valence-electron chi connectivity index (χ4n) is 2.19. The van der Waals surface area contributed by atoms with Gasteiger partial charge in [0.05, 0.1) is 0 Å². The number of carboxylic acids is 1. The van der Waals surface area contributed by atoms with Gasteiger partial charge in [0, 0.05) is 36.6 Å². The number of aromatic carboxylic acids is 1. The summed E-state index contributed by atoms with van der Waals surface area (Å²) in [5, 5.41) is 9.11. The summed E-state index contributed by atoms with van der Waals surface area (Å²) in [7, 11) is 0. The van der Waals surface area contributed by atoms with E-state index < -0.39 is 5.97 Å². The molecule has 112 valence electrons. The van der Waals surface area contributed by atoms with E-state index in [1.54, 1.807) is 6.07 Å². The lowest BCUT2D eigenvalue weighted by Gasteiger charge is -2.30.